The minimum absolute atomic E-state index is 0.0446. The van der Waals surface area contributed by atoms with E-state index in [-0.39, 0.29) is 6.04 Å². The van der Waals surface area contributed by atoms with E-state index in [1.807, 2.05) is 42.9 Å². The zero-order chi connectivity index (χ0) is 20.1. The van der Waals surface area contributed by atoms with E-state index in [4.69, 9.17) is 4.74 Å². The third-order valence-corrected chi connectivity index (χ3v) is 6.08. The fraction of sp³-hybridized carbons (Fsp3) is 0.450. The Bertz CT molecular complexity index is 857. The lowest BCUT2D eigenvalue weighted by Gasteiger charge is -2.13. The molecule has 150 valence electrons. The van der Waals surface area contributed by atoms with Crippen LogP contribution in [0.4, 0.5) is 4.79 Å². The summed E-state index contributed by atoms with van der Waals surface area (Å²) >= 11 is 1.60. The van der Waals surface area contributed by atoms with Gasteiger partial charge in [-0.3, -0.25) is 10.1 Å². The number of carbonyl (C=O) groups is 3. The second-order valence-electron chi connectivity index (χ2n) is 6.89. The maximum atomic E-state index is 12.8. The number of hydrogen-bond donors (Lipinski definition) is 2. The highest BCUT2D eigenvalue weighted by Crippen LogP contribution is 2.37. The Kier molecular flexibility index (Phi) is 6.51. The van der Waals surface area contributed by atoms with Crippen LogP contribution in [0.25, 0.3) is 5.00 Å². The topological polar surface area (TPSA) is 89.4 Å². The Morgan fingerprint density at radius 3 is 2.64 bits per heavy atom. The largest absolute Gasteiger partial charge is 0.452 e. The van der Waals surface area contributed by atoms with Crippen LogP contribution in [0.2, 0.25) is 0 Å². The van der Waals surface area contributed by atoms with E-state index >= 15 is 0 Å². The molecule has 0 aromatic carbocycles. The van der Waals surface area contributed by atoms with Crippen LogP contribution >= 0.6 is 11.3 Å². The average Bonchev–Trinajstić information content (AvgIpc) is 3.33. The molecule has 0 fully saturated rings. The molecule has 0 radical (unpaired) electrons. The summed E-state index contributed by atoms with van der Waals surface area (Å²) in [7, 11) is 0. The van der Waals surface area contributed by atoms with Crippen LogP contribution in [0, 0.1) is 0 Å². The third-order valence-electron chi connectivity index (χ3n) is 4.77. The molecule has 2 heterocycles. The standard InChI is InChI=1S/C20H25N3O4S/c1-3-13(2)21-20(26)22-16(24)12-27-19(25)17-14-8-4-5-9-15(14)28-18(17)23-10-6-7-11-23/h6-7,10-11,13H,3-5,8-9,12H2,1-2H3,(H2,21,22,24,26)/t13-/m1/s1. The van der Waals surface area contributed by atoms with Gasteiger partial charge in [-0.25, -0.2) is 9.59 Å². The molecule has 1 aliphatic carbocycles. The van der Waals surface area contributed by atoms with Gasteiger partial charge in [0.1, 0.15) is 5.00 Å². The van der Waals surface area contributed by atoms with Crippen molar-refractivity contribution >= 4 is 29.2 Å². The highest BCUT2D eigenvalue weighted by Gasteiger charge is 2.27. The lowest BCUT2D eigenvalue weighted by atomic mass is 9.95. The number of hydrogen-bond acceptors (Lipinski definition) is 5. The van der Waals surface area contributed by atoms with E-state index in [1.165, 1.54) is 4.88 Å². The number of aromatic nitrogens is 1. The van der Waals surface area contributed by atoms with Gasteiger partial charge in [-0.05, 0) is 56.7 Å². The van der Waals surface area contributed by atoms with Gasteiger partial charge < -0.3 is 14.6 Å². The van der Waals surface area contributed by atoms with Crippen molar-refractivity contribution in [2.24, 2.45) is 0 Å². The van der Waals surface area contributed by atoms with E-state index in [0.29, 0.717) is 5.56 Å². The number of thiophene rings is 1. The van der Waals surface area contributed by atoms with Gasteiger partial charge in [0.25, 0.3) is 5.91 Å². The van der Waals surface area contributed by atoms with Crippen LogP contribution < -0.4 is 10.6 Å². The van der Waals surface area contributed by atoms with Gasteiger partial charge in [0.2, 0.25) is 0 Å². The predicted octanol–water partition coefficient (Wildman–Crippen LogP) is 3.20. The van der Waals surface area contributed by atoms with Gasteiger partial charge in [-0.1, -0.05) is 6.92 Å². The Hall–Kier alpha value is -2.61. The van der Waals surface area contributed by atoms with Gasteiger partial charge >= 0.3 is 12.0 Å². The Morgan fingerprint density at radius 1 is 1.21 bits per heavy atom. The van der Waals surface area contributed by atoms with Crippen LogP contribution in [-0.4, -0.2) is 35.1 Å². The van der Waals surface area contributed by atoms with Gasteiger partial charge in [0.15, 0.2) is 6.61 Å². The van der Waals surface area contributed by atoms with Gasteiger partial charge in [-0.15, -0.1) is 11.3 Å². The number of amides is 3. The summed E-state index contributed by atoms with van der Waals surface area (Å²) in [5.74, 6) is -1.18. The normalized spacial score (nSPS) is 14.1. The molecule has 0 saturated carbocycles. The maximum absolute atomic E-state index is 12.8. The van der Waals surface area contributed by atoms with Crippen LogP contribution in [-0.2, 0) is 22.4 Å². The number of ether oxygens (including phenoxy) is 1. The molecule has 2 aromatic rings. The van der Waals surface area contributed by atoms with E-state index in [9.17, 15) is 14.4 Å². The number of carbonyl (C=O) groups excluding carboxylic acids is 3. The third kappa shape index (κ3) is 4.62. The lowest BCUT2D eigenvalue weighted by molar-refractivity contribution is -0.123. The highest BCUT2D eigenvalue weighted by atomic mass is 32.1. The monoisotopic (exact) mass is 403 g/mol. The van der Waals surface area contributed by atoms with Crippen LogP contribution in [0.3, 0.4) is 0 Å². The number of rotatable bonds is 6. The highest BCUT2D eigenvalue weighted by molar-refractivity contribution is 7.15. The van der Waals surface area contributed by atoms with Gasteiger partial charge in [0.05, 0.1) is 5.56 Å². The molecule has 1 aliphatic rings. The zero-order valence-corrected chi connectivity index (χ0v) is 16.9. The molecule has 2 aromatic heterocycles. The molecule has 0 saturated heterocycles. The molecular formula is C20H25N3O4S. The molecule has 0 aliphatic heterocycles. The summed E-state index contributed by atoms with van der Waals surface area (Å²) < 4.78 is 7.15. The quantitative estimate of drug-likeness (QED) is 0.725. The van der Waals surface area contributed by atoms with E-state index in [0.717, 1.165) is 42.7 Å². The molecule has 1 atom stereocenters. The van der Waals surface area contributed by atoms with Crippen molar-refractivity contribution in [2.75, 3.05) is 6.61 Å². The second kappa shape index (κ2) is 9.05. The molecule has 0 spiro atoms. The summed E-state index contributed by atoms with van der Waals surface area (Å²) in [5, 5.41) is 5.63. The fourth-order valence-electron chi connectivity index (χ4n) is 3.14. The fourth-order valence-corrected chi connectivity index (χ4v) is 4.48. The number of esters is 1. The Balaban J connectivity index is 1.68. The summed E-state index contributed by atoms with van der Waals surface area (Å²) in [6.45, 7) is 3.27. The molecule has 0 unspecified atom stereocenters. The van der Waals surface area contributed by atoms with Crippen LogP contribution in [0.15, 0.2) is 24.5 Å². The minimum atomic E-state index is -0.652. The molecular weight excluding hydrogens is 378 g/mol. The smallest absolute Gasteiger partial charge is 0.341 e. The van der Waals surface area contributed by atoms with Crippen molar-refractivity contribution in [3.05, 3.63) is 40.5 Å². The zero-order valence-electron chi connectivity index (χ0n) is 16.1. The first-order chi connectivity index (χ1) is 13.5. The van der Waals surface area contributed by atoms with Gasteiger partial charge in [-0.2, -0.15) is 0 Å². The molecule has 2 N–H and O–H groups in total. The van der Waals surface area contributed by atoms with Gasteiger partial charge in [0, 0.05) is 23.3 Å². The summed E-state index contributed by atoms with van der Waals surface area (Å²) in [5.41, 5.74) is 1.56. The van der Waals surface area contributed by atoms with Crippen molar-refractivity contribution in [2.45, 2.75) is 52.0 Å². The molecule has 3 rings (SSSR count). The summed E-state index contributed by atoms with van der Waals surface area (Å²) in [6, 6.07) is 3.17. The number of fused-ring (bicyclic) bond motifs is 1. The molecule has 0 bridgehead atoms. The Morgan fingerprint density at radius 2 is 1.93 bits per heavy atom. The molecule has 3 amide bonds. The molecule has 28 heavy (non-hydrogen) atoms. The van der Waals surface area contributed by atoms with E-state index in [1.54, 1.807) is 11.3 Å². The Labute approximate surface area is 168 Å². The first kappa shape index (κ1) is 20.1. The number of aryl methyl sites for hydroxylation is 1. The minimum Gasteiger partial charge on any atom is -0.452 e. The predicted molar refractivity (Wildman–Crippen MR) is 107 cm³/mol. The van der Waals surface area contributed by atoms with E-state index in [2.05, 4.69) is 10.6 Å². The maximum Gasteiger partial charge on any atom is 0.341 e. The number of urea groups is 1. The van der Waals surface area contributed by atoms with Crippen molar-refractivity contribution in [1.82, 2.24) is 15.2 Å². The van der Waals surface area contributed by atoms with E-state index < -0.39 is 24.5 Å². The van der Waals surface area contributed by atoms with Crippen molar-refractivity contribution in [3.8, 4) is 5.00 Å². The lowest BCUT2D eigenvalue weighted by Crippen LogP contribution is -2.44. The number of imide groups is 1. The van der Waals surface area contributed by atoms with Crippen LogP contribution in [0.5, 0.6) is 0 Å². The average molecular weight is 404 g/mol. The molecule has 8 heteroatoms. The summed E-state index contributed by atoms with van der Waals surface area (Å²) in [4.78, 5) is 37.7. The first-order valence-electron chi connectivity index (χ1n) is 9.55. The van der Waals surface area contributed by atoms with Crippen LogP contribution in [0.1, 0.15) is 53.9 Å². The second-order valence-corrected chi connectivity index (χ2v) is 7.97. The number of nitrogens with one attached hydrogen (secondary N) is 2. The van der Waals surface area contributed by atoms with Crippen molar-refractivity contribution in [1.29, 1.82) is 0 Å². The van der Waals surface area contributed by atoms with Crippen molar-refractivity contribution < 1.29 is 19.1 Å². The molecule has 7 nitrogen and oxygen atoms in total. The first-order valence-corrected chi connectivity index (χ1v) is 10.4. The number of nitrogens with zero attached hydrogens (tertiary/aromatic N) is 1. The van der Waals surface area contributed by atoms with Crippen molar-refractivity contribution in [3.63, 3.8) is 0 Å². The summed E-state index contributed by atoms with van der Waals surface area (Å²) in [6.07, 6.45) is 8.47. The SMILES string of the molecule is CC[C@@H](C)NC(=O)NC(=O)COC(=O)c1c(-n2cccc2)sc2c1CCCC2.